The molecule has 30 heavy (non-hydrogen) atoms. The van der Waals surface area contributed by atoms with Gasteiger partial charge in [0, 0.05) is 52.5 Å². The summed E-state index contributed by atoms with van der Waals surface area (Å²) in [6.07, 6.45) is 0. The van der Waals surface area contributed by atoms with Crippen molar-refractivity contribution < 1.29 is 14.9 Å². The second kappa shape index (κ2) is 6.09. The number of rotatable bonds is 2. The Kier molecular flexibility index (Phi) is 3.79. The number of halogens is 1. The maximum Gasteiger partial charge on any atom is 0.230 e. The Morgan fingerprint density at radius 3 is 2.00 bits per heavy atom. The van der Waals surface area contributed by atoms with Crippen molar-refractivity contribution in [2.24, 2.45) is 0 Å². The van der Waals surface area contributed by atoms with Crippen LogP contribution in [0.15, 0.2) is 44.4 Å². The topological polar surface area (TPSA) is 87.1 Å². The molecule has 6 aromatic rings. The molecule has 0 saturated carbocycles. The molecular weight excluding hydrogens is 450 g/mol. The molecule has 2 bridgehead atoms. The van der Waals surface area contributed by atoms with Crippen LogP contribution >= 0.6 is 15.9 Å². The van der Waals surface area contributed by atoms with Crippen LogP contribution < -0.4 is 20.5 Å². The molecule has 0 amide bonds. The fourth-order valence-electron chi connectivity index (χ4n) is 4.50. The van der Waals surface area contributed by atoms with Gasteiger partial charge in [-0.15, -0.1) is 0 Å². The Morgan fingerprint density at radius 1 is 0.867 bits per heavy atom. The van der Waals surface area contributed by atoms with Crippen molar-refractivity contribution in [2.45, 2.75) is 0 Å². The van der Waals surface area contributed by atoms with Gasteiger partial charge in [0.25, 0.3) is 0 Å². The van der Waals surface area contributed by atoms with Crippen molar-refractivity contribution in [1.82, 2.24) is 0 Å². The summed E-state index contributed by atoms with van der Waals surface area (Å²) in [7, 11) is 4.83. The van der Waals surface area contributed by atoms with Crippen molar-refractivity contribution in [3.05, 3.63) is 55.3 Å². The number of phenolic OH excluding ortho intramolecular Hbond substituents is 2. The van der Waals surface area contributed by atoms with Gasteiger partial charge in [-0.1, -0.05) is 24.3 Å². The van der Waals surface area contributed by atoms with E-state index < -0.39 is 10.9 Å². The number of nitrogens with zero attached hydrogens (tertiary/aromatic N) is 1. The van der Waals surface area contributed by atoms with E-state index in [2.05, 4.69) is 15.9 Å². The van der Waals surface area contributed by atoms with Gasteiger partial charge in [0.1, 0.15) is 16.0 Å². The highest BCUT2D eigenvalue weighted by Gasteiger charge is 2.28. The van der Waals surface area contributed by atoms with E-state index in [4.69, 9.17) is 4.74 Å². The average molecular weight is 466 g/mol. The molecule has 6 nitrogen and oxygen atoms in total. The molecule has 0 aromatic heterocycles. The summed E-state index contributed by atoms with van der Waals surface area (Å²) in [5.41, 5.74) is -0.435. The van der Waals surface area contributed by atoms with E-state index in [9.17, 15) is 19.8 Å². The molecule has 150 valence electrons. The van der Waals surface area contributed by atoms with E-state index in [0.717, 1.165) is 10.8 Å². The number of aromatic hydroxyl groups is 2. The Hall–Kier alpha value is -3.32. The summed E-state index contributed by atoms with van der Waals surface area (Å²) >= 11 is 3.21. The fraction of sp³-hybridized carbons (Fsp3) is 0.130. The second-order valence-electron chi connectivity index (χ2n) is 7.46. The molecule has 0 radical (unpaired) electrons. The van der Waals surface area contributed by atoms with E-state index in [1.807, 2.05) is 24.3 Å². The van der Waals surface area contributed by atoms with Gasteiger partial charge >= 0.3 is 0 Å². The van der Waals surface area contributed by atoms with Gasteiger partial charge in [-0.05, 0) is 26.7 Å². The minimum absolute atomic E-state index is 0.0436. The Balaban J connectivity index is 2.30. The SMILES string of the molecule is COc1c(Br)c(=O)c2c(c1=O)c1c3ccccc3c2c2c(O)cc(N(C)C)c(O)c21. The monoisotopic (exact) mass is 465 g/mol. The Morgan fingerprint density at radius 2 is 1.43 bits per heavy atom. The lowest BCUT2D eigenvalue weighted by molar-refractivity contribution is 0.408. The van der Waals surface area contributed by atoms with Gasteiger partial charge in [0.15, 0.2) is 5.75 Å². The highest BCUT2D eigenvalue weighted by atomic mass is 79.9. The van der Waals surface area contributed by atoms with Gasteiger partial charge in [-0.25, -0.2) is 0 Å². The summed E-state index contributed by atoms with van der Waals surface area (Å²) in [4.78, 5) is 28.3. The van der Waals surface area contributed by atoms with Gasteiger partial charge in [0.2, 0.25) is 10.9 Å². The largest absolute Gasteiger partial charge is 0.507 e. The maximum atomic E-state index is 13.4. The third kappa shape index (κ3) is 2.07. The molecule has 0 fully saturated rings. The predicted octanol–water partition coefficient (Wildman–Crippen LogP) is 4.14. The normalized spacial score (nSPS) is 11.9. The standard InChI is InChI=1S/C23H16BrNO5/c1-25(2)11-8-12(26)15-13-9-6-4-5-7-10(9)14(16(15)20(11)27)18-17(13)21(28)19(24)23(30-3)22(18)29/h4-8,26-27H,1-3H3. The molecule has 6 aromatic carbocycles. The van der Waals surface area contributed by atoms with Crippen LogP contribution in [0.5, 0.6) is 17.2 Å². The van der Waals surface area contributed by atoms with E-state index in [0.29, 0.717) is 27.2 Å². The highest BCUT2D eigenvalue weighted by Crippen LogP contribution is 2.51. The average Bonchev–Trinajstić information content (AvgIpc) is 2.73. The number of benzene rings is 6. The van der Waals surface area contributed by atoms with Crippen LogP contribution in [0.4, 0.5) is 5.69 Å². The zero-order valence-electron chi connectivity index (χ0n) is 16.3. The molecule has 0 spiro atoms. The zero-order chi connectivity index (χ0) is 21.5. The van der Waals surface area contributed by atoms with Crippen LogP contribution in [-0.2, 0) is 0 Å². The van der Waals surface area contributed by atoms with Crippen LogP contribution in [0, 0.1) is 0 Å². The maximum absolute atomic E-state index is 13.4. The first-order valence-corrected chi connectivity index (χ1v) is 9.97. The van der Waals surface area contributed by atoms with Gasteiger partial charge < -0.3 is 19.8 Å². The number of phenols is 2. The first-order valence-electron chi connectivity index (χ1n) is 9.18. The van der Waals surface area contributed by atoms with Crippen molar-refractivity contribution in [1.29, 1.82) is 0 Å². The van der Waals surface area contributed by atoms with Crippen molar-refractivity contribution in [3.63, 3.8) is 0 Å². The molecule has 0 aliphatic carbocycles. The summed E-state index contributed by atoms with van der Waals surface area (Å²) in [6.45, 7) is 0. The summed E-state index contributed by atoms with van der Waals surface area (Å²) in [6, 6.07) is 8.81. The van der Waals surface area contributed by atoms with Gasteiger partial charge in [-0.3, -0.25) is 9.59 Å². The first kappa shape index (κ1) is 18.7. The van der Waals surface area contributed by atoms with E-state index in [1.54, 1.807) is 19.0 Å². The minimum atomic E-state index is -0.444. The predicted molar refractivity (Wildman–Crippen MR) is 123 cm³/mol. The third-order valence-electron chi connectivity index (χ3n) is 5.72. The van der Waals surface area contributed by atoms with Crippen LogP contribution in [0.1, 0.15) is 0 Å². The molecule has 0 aliphatic heterocycles. The molecule has 0 atom stereocenters. The fourth-order valence-corrected chi connectivity index (χ4v) is 5.04. The number of anilines is 1. The molecule has 0 aliphatic rings. The second-order valence-corrected chi connectivity index (χ2v) is 8.25. The van der Waals surface area contributed by atoms with Crippen molar-refractivity contribution >= 4 is 64.7 Å². The van der Waals surface area contributed by atoms with Gasteiger partial charge in [0.05, 0.1) is 12.8 Å². The number of hydrogen-bond acceptors (Lipinski definition) is 6. The lowest BCUT2D eigenvalue weighted by Crippen LogP contribution is -2.17. The molecule has 2 N–H and O–H groups in total. The molecule has 0 unspecified atom stereocenters. The zero-order valence-corrected chi connectivity index (χ0v) is 17.9. The summed E-state index contributed by atoms with van der Waals surface area (Å²) < 4.78 is 5.26. The molecule has 6 rings (SSSR count). The van der Waals surface area contributed by atoms with Crippen LogP contribution in [0.3, 0.4) is 0 Å². The Bertz CT molecular complexity index is 1630. The first-order chi connectivity index (χ1) is 14.3. The smallest absolute Gasteiger partial charge is 0.230 e. The quantitative estimate of drug-likeness (QED) is 0.301. The Labute approximate surface area is 178 Å². The minimum Gasteiger partial charge on any atom is -0.507 e. The lowest BCUT2D eigenvalue weighted by Gasteiger charge is -2.22. The third-order valence-corrected chi connectivity index (χ3v) is 6.44. The lowest BCUT2D eigenvalue weighted by atomic mass is 9.84. The van der Waals surface area contributed by atoms with E-state index in [-0.39, 0.29) is 32.5 Å². The molecule has 0 saturated heterocycles. The number of methoxy groups -OCH3 is 1. The molecule has 0 heterocycles. The van der Waals surface area contributed by atoms with Crippen LogP contribution in [-0.4, -0.2) is 31.4 Å². The summed E-state index contributed by atoms with van der Waals surface area (Å²) in [5, 5.41) is 25.5. The van der Waals surface area contributed by atoms with Crippen LogP contribution in [0.2, 0.25) is 0 Å². The molecule has 7 heteroatoms. The van der Waals surface area contributed by atoms with E-state index >= 15 is 0 Å². The van der Waals surface area contributed by atoms with Crippen molar-refractivity contribution in [3.8, 4) is 17.2 Å². The van der Waals surface area contributed by atoms with E-state index in [1.165, 1.54) is 13.2 Å². The van der Waals surface area contributed by atoms with Gasteiger partial charge in [-0.2, -0.15) is 0 Å². The van der Waals surface area contributed by atoms with Crippen molar-refractivity contribution in [2.75, 3.05) is 26.1 Å². The summed E-state index contributed by atoms with van der Waals surface area (Å²) in [5.74, 6) is -0.210. The number of hydrogen-bond donors (Lipinski definition) is 2. The highest BCUT2D eigenvalue weighted by molar-refractivity contribution is 9.10. The molecular formula is C23H16BrNO5. The number of ether oxygens (including phenoxy) is 1. The van der Waals surface area contributed by atoms with Crippen LogP contribution in [0.25, 0.3) is 43.1 Å².